The van der Waals surface area contributed by atoms with Gasteiger partial charge in [0.25, 0.3) is 0 Å². The third kappa shape index (κ3) is 4.51. The molecule has 2 amide bonds. The second kappa shape index (κ2) is 8.17. The number of piperidine rings is 2. The lowest BCUT2D eigenvalue weighted by atomic mass is 9.84. The molecular formula is C18H31N5O2. The van der Waals surface area contributed by atoms with Crippen LogP contribution in [-0.2, 0) is 6.42 Å². The number of likely N-dealkylation sites (tertiary alicyclic amines) is 2. The van der Waals surface area contributed by atoms with Crippen LogP contribution >= 0.6 is 0 Å². The minimum Gasteiger partial charge on any atom is -0.339 e. The molecule has 3 rings (SSSR count). The first-order valence-electron chi connectivity index (χ1n) is 9.60. The first kappa shape index (κ1) is 18.2. The van der Waals surface area contributed by atoms with E-state index in [0.29, 0.717) is 30.8 Å². The lowest BCUT2D eigenvalue weighted by Crippen LogP contribution is -2.57. The molecule has 7 nitrogen and oxygen atoms in total. The number of hydrogen-bond donors (Lipinski definition) is 1. The minimum atomic E-state index is 0.0904. The standard InChI is InChI=1S/C18H31N5O2/c1-13(2)17-20-16(25-21-17)7-4-9-19-18(24)23-10-5-6-14-12-22(3)11-8-15(14)23/h13-15H,4-12H2,1-3H3,(H,19,24). The van der Waals surface area contributed by atoms with Gasteiger partial charge in [-0.3, -0.25) is 0 Å². The molecule has 2 atom stereocenters. The van der Waals surface area contributed by atoms with Crippen molar-refractivity contribution >= 4 is 6.03 Å². The maximum absolute atomic E-state index is 12.6. The van der Waals surface area contributed by atoms with E-state index in [9.17, 15) is 4.79 Å². The summed E-state index contributed by atoms with van der Waals surface area (Å²) in [6.07, 6.45) is 4.97. The third-order valence-electron chi connectivity index (χ3n) is 5.38. The Morgan fingerprint density at radius 1 is 1.36 bits per heavy atom. The van der Waals surface area contributed by atoms with E-state index in [1.54, 1.807) is 0 Å². The number of fused-ring (bicyclic) bond motifs is 1. The Kier molecular flexibility index (Phi) is 5.93. The molecule has 2 unspecified atom stereocenters. The van der Waals surface area contributed by atoms with Crippen molar-refractivity contribution in [3.05, 3.63) is 11.7 Å². The largest absolute Gasteiger partial charge is 0.339 e. The van der Waals surface area contributed by atoms with Gasteiger partial charge >= 0.3 is 6.03 Å². The van der Waals surface area contributed by atoms with Gasteiger partial charge in [-0.25, -0.2) is 4.79 Å². The summed E-state index contributed by atoms with van der Waals surface area (Å²) in [6, 6.07) is 0.502. The monoisotopic (exact) mass is 349 g/mol. The summed E-state index contributed by atoms with van der Waals surface area (Å²) < 4.78 is 5.24. The van der Waals surface area contributed by atoms with Crippen LogP contribution in [0.5, 0.6) is 0 Å². The number of amides is 2. The fourth-order valence-corrected chi connectivity index (χ4v) is 3.98. The Labute approximate surface area is 150 Å². The van der Waals surface area contributed by atoms with Gasteiger partial charge in [-0.1, -0.05) is 19.0 Å². The number of hydrogen-bond acceptors (Lipinski definition) is 5. The maximum atomic E-state index is 12.6. The summed E-state index contributed by atoms with van der Waals surface area (Å²) in [4.78, 5) is 21.4. The highest BCUT2D eigenvalue weighted by atomic mass is 16.5. The first-order chi connectivity index (χ1) is 12.0. The molecule has 2 fully saturated rings. The molecule has 7 heteroatoms. The Bertz CT molecular complexity index is 574. The number of aryl methyl sites for hydroxylation is 1. The first-order valence-corrected chi connectivity index (χ1v) is 9.60. The summed E-state index contributed by atoms with van der Waals surface area (Å²) in [6.45, 7) is 7.82. The molecular weight excluding hydrogens is 318 g/mol. The lowest BCUT2D eigenvalue weighted by Gasteiger charge is -2.46. The summed E-state index contributed by atoms with van der Waals surface area (Å²) >= 11 is 0. The van der Waals surface area contributed by atoms with Crippen LogP contribution in [0, 0.1) is 5.92 Å². The van der Waals surface area contributed by atoms with E-state index in [2.05, 4.69) is 32.3 Å². The second-order valence-corrected chi connectivity index (χ2v) is 7.75. The highest BCUT2D eigenvalue weighted by molar-refractivity contribution is 5.74. The van der Waals surface area contributed by atoms with Gasteiger partial charge in [0, 0.05) is 38.0 Å². The van der Waals surface area contributed by atoms with Gasteiger partial charge in [0.05, 0.1) is 0 Å². The van der Waals surface area contributed by atoms with Gasteiger partial charge in [-0.05, 0) is 45.2 Å². The molecule has 0 spiro atoms. The normalized spacial score (nSPS) is 24.4. The zero-order valence-electron chi connectivity index (χ0n) is 15.7. The number of carbonyl (C=O) groups is 1. The highest BCUT2D eigenvalue weighted by Crippen LogP contribution is 2.30. The Morgan fingerprint density at radius 3 is 2.96 bits per heavy atom. The molecule has 0 aromatic carbocycles. The molecule has 2 aliphatic heterocycles. The van der Waals surface area contributed by atoms with Crippen molar-refractivity contribution in [2.75, 3.05) is 33.2 Å². The summed E-state index contributed by atoms with van der Waals surface area (Å²) in [5.41, 5.74) is 0. The molecule has 1 aromatic heterocycles. The Hall–Kier alpha value is -1.63. The summed E-state index contributed by atoms with van der Waals surface area (Å²) in [5, 5.41) is 7.05. The third-order valence-corrected chi connectivity index (χ3v) is 5.38. The number of urea groups is 1. The van der Waals surface area contributed by atoms with Crippen LogP contribution < -0.4 is 5.32 Å². The molecule has 1 aromatic rings. The molecule has 0 bridgehead atoms. The molecule has 0 aliphatic carbocycles. The molecule has 1 N–H and O–H groups in total. The van der Waals surface area contributed by atoms with E-state index in [1.807, 2.05) is 13.8 Å². The van der Waals surface area contributed by atoms with Gasteiger partial charge in [-0.2, -0.15) is 4.98 Å². The second-order valence-electron chi connectivity index (χ2n) is 7.75. The SMILES string of the molecule is CC(C)c1noc(CCCNC(=O)N2CCCC3CN(C)CCC32)n1. The molecule has 0 radical (unpaired) electrons. The van der Waals surface area contributed by atoms with Crippen LogP contribution in [0.4, 0.5) is 4.79 Å². The molecule has 2 aliphatic rings. The van der Waals surface area contributed by atoms with Crippen LogP contribution in [0.2, 0.25) is 0 Å². The van der Waals surface area contributed by atoms with Gasteiger partial charge < -0.3 is 19.6 Å². The van der Waals surface area contributed by atoms with E-state index >= 15 is 0 Å². The van der Waals surface area contributed by atoms with Crippen molar-refractivity contribution in [3.8, 4) is 0 Å². The topological polar surface area (TPSA) is 74.5 Å². The molecule has 25 heavy (non-hydrogen) atoms. The maximum Gasteiger partial charge on any atom is 0.317 e. The van der Waals surface area contributed by atoms with Crippen molar-refractivity contribution in [3.63, 3.8) is 0 Å². The zero-order chi connectivity index (χ0) is 17.8. The minimum absolute atomic E-state index is 0.0904. The fraction of sp³-hybridized carbons (Fsp3) is 0.833. The Morgan fingerprint density at radius 2 is 2.20 bits per heavy atom. The van der Waals surface area contributed by atoms with Crippen molar-refractivity contribution < 1.29 is 9.32 Å². The number of nitrogens with zero attached hydrogens (tertiary/aromatic N) is 4. The van der Waals surface area contributed by atoms with Gasteiger partial charge in [0.2, 0.25) is 5.89 Å². The van der Waals surface area contributed by atoms with E-state index in [-0.39, 0.29) is 11.9 Å². The van der Waals surface area contributed by atoms with E-state index in [4.69, 9.17) is 4.52 Å². The summed E-state index contributed by atoms with van der Waals surface area (Å²) in [7, 11) is 2.18. The lowest BCUT2D eigenvalue weighted by molar-refractivity contribution is 0.0534. The molecule has 2 saturated heterocycles. The average Bonchev–Trinajstić information content (AvgIpc) is 3.07. The van der Waals surface area contributed by atoms with Crippen LogP contribution in [0.1, 0.15) is 57.2 Å². The van der Waals surface area contributed by atoms with Gasteiger partial charge in [0.15, 0.2) is 5.82 Å². The van der Waals surface area contributed by atoms with Crippen molar-refractivity contribution in [2.45, 2.75) is 57.9 Å². The smallest absolute Gasteiger partial charge is 0.317 e. The molecule has 3 heterocycles. The van der Waals surface area contributed by atoms with E-state index in [0.717, 1.165) is 44.7 Å². The summed E-state index contributed by atoms with van der Waals surface area (Å²) in [5.74, 6) is 2.32. The highest BCUT2D eigenvalue weighted by Gasteiger charge is 2.37. The number of carbonyl (C=O) groups excluding carboxylic acids is 1. The molecule has 0 saturated carbocycles. The van der Waals surface area contributed by atoms with Crippen molar-refractivity contribution in [1.29, 1.82) is 0 Å². The van der Waals surface area contributed by atoms with Crippen LogP contribution in [0.3, 0.4) is 0 Å². The predicted octanol–water partition coefficient (Wildman–Crippen LogP) is 2.25. The van der Waals surface area contributed by atoms with Crippen LogP contribution in [-0.4, -0.2) is 65.2 Å². The Balaban J connectivity index is 1.42. The van der Waals surface area contributed by atoms with Gasteiger partial charge in [-0.15, -0.1) is 0 Å². The zero-order valence-corrected chi connectivity index (χ0v) is 15.7. The molecule has 140 valence electrons. The fourth-order valence-electron chi connectivity index (χ4n) is 3.98. The number of rotatable bonds is 5. The quantitative estimate of drug-likeness (QED) is 0.825. The van der Waals surface area contributed by atoms with E-state index < -0.39 is 0 Å². The number of nitrogens with one attached hydrogen (secondary N) is 1. The number of aromatic nitrogens is 2. The predicted molar refractivity (Wildman–Crippen MR) is 95.4 cm³/mol. The van der Waals surface area contributed by atoms with Gasteiger partial charge in [0.1, 0.15) is 0 Å². The van der Waals surface area contributed by atoms with Crippen molar-refractivity contribution in [1.82, 2.24) is 25.3 Å². The van der Waals surface area contributed by atoms with E-state index in [1.165, 1.54) is 6.42 Å². The van der Waals surface area contributed by atoms with Crippen LogP contribution in [0.15, 0.2) is 4.52 Å². The van der Waals surface area contributed by atoms with Crippen LogP contribution in [0.25, 0.3) is 0 Å². The van der Waals surface area contributed by atoms with Crippen molar-refractivity contribution in [2.24, 2.45) is 5.92 Å². The average molecular weight is 349 g/mol.